The number of aliphatic hydroxyl groups excluding tert-OH is 1. The molecule has 0 radical (unpaired) electrons. The van der Waals surface area contributed by atoms with Crippen molar-refractivity contribution in [2.75, 3.05) is 32.8 Å². The molecule has 1 atom stereocenters. The molecule has 2 rings (SSSR count). The highest BCUT2D eigenvalue weighted by Crippen LogP contribution is 2.22. The predicted octanol–water partition coefficient (Wildman–Crippen LogP) is 2.13. The molecule has 1 aliphatic rings. The van der Waals surface area contributed by atoms with Crippen molar-refractivity contribution in [2.24, 2.45) is 5.41 Å². The van der Waals surface area contributed by atoms with E-state index in [-0.39, 0.29) is 6.61 Å². The molecular weight excluding hydrogens is 288 g/mol. The van der Waals surface area contributed by atoms with E-state index < -0.39 is 0 Å². The third-order valence-electron chi connectivity index (χ3n) is 4.73. The maximum atomic E-state index is 9.43. The van der Waals surface area contributed by atoms with Crippen LogP contribution in [0.3, 0.4) is 0 Å². The number of hydrogen-bond donors (Lipinski definition) is 1. The topological polar surface area (TPSA) is 44.5 Å². The van der Waals surface area contributed by atoms with Crippen molar-refractivity contribution in [2.45, 2.75) is 60.2 Å². The Morgan fingerprint density at radius 3 is 2.61 bits per heavy atom. The van der Waals surface area contributed by atoms with Gasteiger partial charge in [0.1, 0.15) is 0 Å². The normalized spacial score (nSPS) is 21.0. The fraction of sp³-hybridized carbons (Fsp3) is 0.833. The molecule has 1 saturated heterocycles. The van der Waals surface area contributed by atoms with Crippen molar-refractivity contribution in [3.8, 4) is 0 Å². The minimum atomic E-state index is 0.270. The molecule has 0 spiro atoms. The van der Waals surface area contributed by atoms with E-state index in [0.29, 0.717) is 11.5 Å². The summed E-state index contributed by atoms with van der Waals surface area (Å²) in [4.78, 5) is 5.08. The van der Waals surface area contributed by atoms with Crippen LogP contribution in [0.15, 0.2) is 6.20 Å². The van der Waals surface area contributed by atoms with Gasteiger partial charge in [0.05, 0.1) is 6.20 Å². The molecule has 132 valence electrons. The van der Waals surface area contributed by atoms with Crippen molar-refractivity contribution in [3.05, 3.63) is 17.5 Å². The Kier molecular flexibility index (Phi) is 6.23. The van der Waals surface area contributed by atoms with E-state index in [0.717, 1.165) is 45.7 Å². The summed E-state index contributed by atoms with van der Waals surface area (Å²) in [6.45, 7) is 17.6. The summed E-state index contributed by atoms with van der Waals surface area (Å²) >= 11 is 0. The van der Waals surface area contributed by atoms with Crippen LogP contribution in [-0.4, -0.2) is 63.5 Å². The Bertz CT molecular complexity index is 492. The van der Waals surface area contributed by atoms with Gasteiger partial charge in [-0.3, -0.25) is 14.5 Å². The molecular formula is C18H34N4O. The van der Waals surface area contributed by atoms with Crippen LogP contribution in [0.1, 0.15) is 45.4 Å². The van der Waals surface area contributed by atoms with Gasteiger partial charge in [-0.2, -0.15) is 5.10 Å². The number of aliphatic hydroxyl groups is 1. The highest BCUT2D eigenvalue weighted by atomic mass is 16.3. The fourth-order valence-corrected chi connectivity index (χ4v) is 3.54. The number of hydrogen-bond acceptors (Lipinski definition) is 4. The molecule has 23 heavy (non-hydrogen) atoms. The van der Waals surface area contributed by atoms with Crippen LogP contribution >= 0.6 is 0 Å². The van der Waals surface area contributed by atoms with Crippen LogP contribution in [0.5, 0.6) is 0 Å². The third-order valence-corrected chi connectivity index (χ3v) is 4.73. The van der Waals surface area contributed by atoms with E-state index in [1.807, 2.05) is 6.20 Å². The van der Waals surface area contributed by atoms with Crippen LogP contribution in [0.2, 0.25) is 0 Å². The lowest BCUT2D eigenvalue weighted by molar-refractivity contribution is 0.0339. The van der Waals surface area contributed by atoms with Gasteiger partial charge in [-0.25, -0.2) is 0 Å². The van der Waals surface area contributed by atoms with E-state index in [1.165, 1.54) is 11.3 Å². The van der Waals surface area contributed by atoms with Crippen molar-refractivity contribution in [1.82, 2.24) is 19.6 Å². The quantitative estimate of drug-likeness (QED) is 0.871. The van der Waals surface area contributed by atoms with Crippen molar-refractivity contribution in [1.29, 1.82) is 0 Å². The summed E-state index contributed by atoms with van der Waals surface area (Å²) < 4.78 is 2.07. The van der Waals surface area contributed by atoms with Crippen LogP contribution in [-0.2, 0) is 13.1 Å². The van der Waals surface area contributed by atoms with E-state index in [2.05, 4.69) is 54.2 Å². The molecule has 0 aromatic carbocycles. The Morgan fingerprint density at radius 2 is 2.04 bits per heavy atom. The number of piperazine rings is 1. The SMILES string of the molecule is CCn1ncc(CN2CCN(CC(C)(C)C)[C@H](CCO)C2)c1C. The van der Waals surface area contributed by atoms with E-state index >= 15 is 0 Å². The fourth-order valence-electron chi connectivity index (χ4n) is 3.54. The molecule has 0 bridgehead atoms. The average molecular weight is 322 g/mol. The number of rotatable bonds is 6. The predicted molar refractivity (Wildman–Crippen MR) is 94.4 cm³/mol. The van der Waals surface area contributed by atoms with Crippen LogP contribution < -0.4 is 0 Å². The van der Waals surface area contributed by atoms with E-state index in [1.54, 1.807) is 0 Å². The monoisotopic (exact) mass is 322 g/mol. The van der Waals surface area contributed by atoms with Gasteiger partial charge in [0.25, 0.3) is 0 Å². The Hall–Kier alpha value is -0.910. The molecule has 1 aliphatic heterocycles. The third kappa shape index (κ3) is 5.03. The molecule has 0 amide bonds. The highest BCUT2D eigenvalue weighted by Gasteiger charge is 2.29. The van der Waals surface area contributed by atoms with Gasteiger partial charge in [0, 0.05) is 63.2 Å². The summed E-state index contributed by atoms with van der Waals surface area (Å²) in [6.07, 6.45) is 2.88. The Balaban J connectivity index is 1.99. The summed E-state index contributed by atoms with van der Waals surface area (Å²) in [5, 5.41) is 13.9. The summed E-state index contributed by atoms with van der Waals surface area (Å²) in [5.74, 6) is 0. The number of aryl methyl sites for hydroxylation is 1. The number of nitrogens with zero attached hydrogens (tertiary/aromatic N) is 4. The number of aromatic nitrogens is 2. The van der Waals surface area contributed by atoms with Gasteiger partial charge >= 0.3 is 0 Å². The largest absolute Gasteiger partial charge is 0.396 e. The molecule has 1 aromatic rings. The summed E-state index contributed by atoms with van der Waals surface area (Å²) in [5.41, 5.74) is 2.91. The first-order valence-corrected chi connectivity index (χ1v) is 8.92. The zero-order valence-electron chi connectivity index (χ0n) is 15.5. The van der Waals surface area contributed by atoms with Gasteiger partial charge in [0.15, 0.2) is 0 Å². The molecule has 0 aliphatic carbocycles. The first-order chi connectivity index (χ1) is 10.8. The maximum Gasteiger partial charge on any atom is 0.0537 e. The summed E-state index contributed by atoms with van der Waals surface area (Å²) in [7, 11) is 0. The molecule has 2 heterocycles. The lowest BCUT2D eigenvalue weighted by atomic mass is 9.94. The van der Waals surface area contributed by atoms with Crippen molar-refractivity contribution in [3.63, 3.8) is 0 Å². The lowest BCUT2D eigenvalue weighted by Crippen LogP contribution is -2.54. The Morgan fingerprint density at radius 1 is 1.30 bits per heavy atom. The average Bonchev–Trinajstić information content (AvgIpc) is 2.81. The lowest BCUT2D eigenvalue weighted by Gasteiger charge is -2.44. The van der Waals surface area contributed by atoms with Crippen LogP contribution in [0, 0.1) is 12.3 Å². The second-order valence-corrected chi connectivity index (χ2v) is 8.00. The minimum absolute atomic E-state index is 0.270. The van der Waals surface area contributed by atoms with Gasteiger partial charge < -0.3 is 5.11 Å². The minimum Gasteiger partial charge on any atom is -0.396 e. The zero-order chi connectivity index (χ0) is 17.0. The van der Waals surface area contributed by atoms with Crippen LogP contribution in [0.4, 0.5) is 0 Å². The summed E-state index contributed by atoms with van der Waals surface area (Å²) in [6, 6.07) is 0.453. The second-order valence-electron chi connectivity index (χ2n) is 8.00. The van der Waals surface area contributed by atoms with E-state index in [9.17, 15) is 5.11 Å². The van der Waals surface area contributed by atoms with Crippen LogP contribution in [0.25, 0.3) is 0 Å². The van der Waals surface area contributed by atoms with Gasteiger partial charge in [-0.15, -0.1) is 0 Å². The molecule has 0 unspecified atom stereocenters. The molecule has 0 saturated carbocycles. The van der Waals surface area contributed by atoms with E-state index in [4.69, 9.17) is 0 Å². The van der Waals surface area contributed by atoms with Crippen molar-refractivity contribution >= 4 is 0 Å². The molecule has 1 N–H and O–H groups in total. The van der Waals surface area contributed by atoms with Gasteiger partial charge in [-0.1, -0.05) is 20.8 Å². The standard InChI is InChI=1S/C18H34N4O/c1-6-22-15(2)16(11-19-22)12-20-8-9-21(14-18(3,4)5)17(13-20)7-10-23/h11,17,23H,6-10,12-14H2,1-5H3/t17-/m1/s1. The first kappa shape index (κ1) is 18.4. The first-order valence-electron chi connectivity index (χ1n) is 8.92. The zero-order valence-corrected chi connectivity index (χ0v) is 15.5. The van der Waals surface area contributed by atoms with Gasteiger partial charge in [0.2, 0.25) is 0 Å². The van der Waals surface area contributed by atoms with Crippen molar-refractivity contribution < 1.29 is 5.11 Å². The molecule has 1 aromatic heterocycles. The smallest absolute Gasteiger partial charge is 0.0537 e. The van der Waals surface area contributed by atoms with Gasteiger partial charge in [-0.05, 0) is 25.7 Å². The Labute approximate surface area is 141 Å². The maximum absolute atomic E-state index is 9.43. The molecule has 1 fully saturated rings. The second kappa shape index (κ2) is 7.77. The highest BCUT2D eigenvalue weighted by molar-refractivity contribution is 5.16. The molecule has 5 heteroatoms. The molecule has 5 nitrogen and oxygen atoms in total.